The molecule has 1 N–H and O–H groups in total. The maximum absolute atomic E-state index is 13.5. The third-order valence-corrected chi connectivity index (χ3v) is 7.38. The molecule has 0 aliphatic carbocycles. The summed E-state index contributed by atoms with van der Waals surface area (Å²) in [4.78, 5) is 13.1. The lowest BCUT2D eigenvalue weighted by atomic mass is 10.1. The minimum atomic E-state index is -3.82. The fraction of sp³-hybridized carbons (Fsp3) is 0.250. The molecule has 28 heavy (non-hydrogen) atoms. The Morgan fingerprint density at radius 2 is 1.86 bits per heavy atom. The number of halogens is 1. The van der Waals surface area contributed by atoms with Gasteiger partial charge in [-0.3, -0.25) is 0 Å². The molecule has 1 aliphatic rings. The number of amides is 1. The lowest BCUT2D eigenvalue weighted by molar-refractivity contribution is 0.143. The van der Waals surface area contributed by atoms with Crippen molar-refractivity contribution in [1.29, 1.82) is 0 Å². The standard InChI is InChI=1S/C20H19BrN2O4S/c1-13-4-7-15(8-5-13)28(26,27)23-18-3-2-10-22(20(24)25)12-17(18)16-9-6-14(21)11-19(16)23/h4-9,11H,2-3,10,12H2,1H3,(H,24,25). The van der Waals surface area contributed by atoms with Crippen molar-refractivity contribution in [3.8, 4) is 0 Å². The zero-order chi connectivity index (χ0) is 20.1. The zero-order valence-corrected chi connectivity index (χ0v) is 17.6. The largest absolute Gasteiger partial charge is 0.465 e. The topological polar surface area (TPSA) is 79.6 Å². The summed E-state index contributed by atoms with van der Waals surface area (Å²) < 4.78 is 29.3. The van der Waals surface area contributed by atoms with Crippen LogP contribution in [0.3, 0.4) is 0 Å². The van der Waals surface area contributed by atoms with E-state index in [0.717, 1.165) is 21.0 Å². The molecule has 0 bridgehead atoms. The lowest BCUT2D eigenvalue weighted by Gasteiger charge is -2.16. The van der Waals surface area contributed by atoms with E-state index in [9.17, 15) is 18.3 Å². The molecule has 2 aromatic carbocycles. The van der Waals surface area contributed by atoms with Gasteiger partial charge >= 0.3 is 6.09 Å². The van der Waals surface area contributed by atoms with Crippen molar-refractivity contribution in [3.63, 3.8) is 0 Å². The second-order valence-corrected chi connectivity index (χ2v) is 9.68. The van der Waals surface area contributed by atoms with Crippen molar-refractivity contribution in [1.82, 2.24) is 8.87 Å². The van der Waals surface area contributed by atoms with Gasteiger partial charge in [0.2, 0.25) is 0 Å². The fourth-order valence-corrected chi connectivity index (χ4v) is 5.68. The van der Waals surface area contributed by atoms with Gasteiger partial charge in [0, 0.05) is 27.7 Å². The van der Waals surface area contributed by atoms with Crippen LogP contribution in [-0.4, -0.2) is 35.0 Å². The van der Waals surface area contributed by atoms with Crippen LogP contribution in [0.1, 0.15) is 23.2 Å². The summed E-state index contributed by atoms with van der Waals surface area (Å²) in [6.07, 6.45) is 0.0729. The Hall–Kier alpha value is -2.32. The molecule has 1 amide bonds. The number of benzene rings is 2. The van der Waals surface area contributed by atoms with E-state index in [2.05, 4.69) is 15.9 Å². The highest BCUT2D eigenvalue weighted by molar-refractivity contribution is 9.10. The first-order chi connectivity index (χ1) is 13.3. The minimum Gasteiger partial charge on any atom is -0.465 e. The van der Waals surface area contributed by atoms with Gasteiger partial charge in [-0.25, -0.2) is 17.2 Å². The molecule has 2 heterocycles. The van der Waals surface area contributed by atoms with E-state index >= 15 is 0 Å². The highest BCUT2D eigenvalue weighted by atomic mass is 79.9. The van der Waals surface area contributed by atoms with Gasteiger partial charge in [-0.1, -0.05) is 39.7 Å². The molecule has 1 aliphatic heterocycles. The summed E-state index contributed by atoms with van der Waals surface area (Å²) in [5.74, 6) is 0. The highest BCUT2D eigenvalue weighted by Gasteiger charge is 2.30. The minimum absolute atomic E-state index is 0.180. The van der Waals surface area contributed by atoms with Gasteiger partial charge < -0.3 is 10.0 Å². The molecular weight excluding hydrogens is 444 g/mol. The first-order valence-electron chi connectivity index (χ1n) is 8.91. The maximum Gasteiger partial charge on any atom is 0.407 e. The summed E-state index contributed by atoms with van der Waals surface area (Å²) >= 11 is 3.43. The molecule has 0 saturated heterocycles. The SMILES string of the molecule is Cc1ccc(S(=O)(=O)n2c3c(c4ccc(Br)cc42)CN(C(=O)O)CCC3)cc1. The molecule has 3 aromatic rings. The summed E-state index contributed by atoms with van der Waals surface area (Å²) in [6.45, 7) is 2.47. The lowest BCUT2D eigenvalue weighted by Crippen LogP contribution is -2.28. The molecule has 146 valence electrons. The van der Waals surface area contributed by atoms with Crippen LogP contribution in [-0.2, 0) is 23.0 Å². The van der Waals surface area contributed by atoms with Crippen LogP contribution in [0.25, 0.3) is 10.9 Å². The number of aryl methyl sites for hydroxylation is 1. The monoisotopic (exact) mass is 462 g/mol. The smallest absolute Gasteiger partial charge is 0.407 e. The molecule has 0 unspecified atom stereocenters. The summed E-state index contributed by atoms with van der Waals surface area (Å²) in [5.41, 5.74) is 2.97. The Balaban J connectivity index is 2.01. The molecular formula is C20H19BrN2O4S. The third-order valence-electron chi connectivity index (χ3n) is 5.12. The van der Waals surface area contributed by atoms with E-state index in [-0.39, 0.29) is 11.4 Å². The molecule has 0 saturated carbocycles. The average molecular weight is 463 g/mol. The zero-order valence-electron chi connectivity index (χ0n) is 15.2. The van der Waals surface area contributed by atoms with Gasteiger partial charge in [-0.2, -0.15) is 0 Å². The summed E-state index contributed by atoms with van der Waals surface area (Å²) in [5, 5.41) is 10.2. The van der Waals surface area contributed by atoms with Gasteiger partial charge in [0.05, 0.1) is 17.0 Å². The van der Waals surface area contributed by atoms with Crippen LogP contribution in [0.4, 0.5) is 4.79 Å². The van der Waals surface area contributed by atoms with Gasteiger partial charge in [-0.05, 0) is 44.0 Å². The van der Waals surface area contributed by atoms with Crippen LogP contribution < -0.4 is 0 Å². The quantitative estimate of drug-likeness (QED) is 0.612. The number of carbonyl (C=O) groups is 1. The van der Waals surface area contributed by atoms with E-state index in [0.29, 0.717) is 30.6 Å². The van der Waals surface area contributed by atoms with Crippen molar-refractivity contribution in [2.24, 2.45) is 0 Å². The fourth-order valence-electron chi connectivity index (χ4n) is 3.74. The Morgan fingerprint density at radius 1 is 1.14 bits per heavy atom. The number of hydrogen-bond acceptors (Lipinski definition) is 3. The van der Waals surface area contributed by atoms with Crippen molar-refractivity contribution in [2.45, 2.75) is 31.2 Å². The van der Waals surface area contributed by atoms with E-state index in [1.807, 2.05) is 19.1 Å². The molecule has 6 nitrogen and oxygen atoms in total. The number of carboxylic acid groups (broad SMARTS) is 1. The number of aromatic nitrogens is 1. The second-order valence-electron chi connectivity index (χ2n) is 6.98. The Labute approximate surface area is 171 Å². The molecule has 4 rings (SSSR count). The molecule has 0 atom stereocenters. The van der Waals surface area contributed by atoms with Crippen LogP contribution in [0.2, 0.25) is 0 Å². The van der Waals surface area contributed by atoms with E-state index in [1.54, 1.807) is 30.3 Å². The normalized spacial score (nSPS) is 14.7. The van der Waals surface area contributed by atoms with Gasteiger partial charge in [-0.15, -0.1) is 0 Å². The third kappa shape index (κ3) is 3.10. The predicted octanol–water partition coefficient (Wildman–Crippen LogP) is 4.38. The van der Waals surface area contributed by atoms with Crippen LogP contribution in [0.5, 0.6) is 0 Å². The second kappa shape index (κ2) is 6.93. The number of nitrogens with zero attached hydrogens (tertiary/aromatic N) is 2. The molecule has 0 radical (unpaired) electrons. The first kappa shape index (κ1) is 19.0. The highest BCUT2D eigenvalue weighted by Crippen LogP contribution is 2.35. The first-order valence-corrected chi connectivity index (χ1v) is 11.1. The van der Waals surface area contributed by atoms with Gasteiger partial charge in [0.15, 0.2) is 0 Å². The van der Waals surface area contributed by atoms with Crippen LogP contribution >= 0.6 is 15.9 Å². The number of hydrogen-bond donors (Lipinski definition) is 1. The van der Waals surface area contributed by atoms with E-state index in [4.69, 9.17) is 0 Å². The van der Waals surface area contributed by atoms with Crippen molar-refractivity contribution in [2.75, 3.05) is 6.54 Å². The molecule has 8 heteroatoms. The Morgan fingerprint density at radius 3 is 2.54 bits per heavy atom. The average Bonchev–Trinajstić information content (AvgIpc) is 2.79. The van der Waals surface area contributed by atoms with Crippen LogP contribution in [0, 0.1) is 6.92 Å². The maximum atomic E-state index is 13.5. The Bertz CT molecular complexity index is 1180. The molecule has 0 spiro atoms. The Kier molecular flexibility index (Phi) is 4.71. The van der Waals surface area contributed by atoms with E-state index in [1.165, 1.54) is 8.87 Å². The van der Waals surface area contributed by atoms with Crippen molar-refractivity contribution >= 4 is 42.9 Å². The van der Waals surface area contributed by atoms with Gasteiger partial charge in [0.25, 0.3) is 10.0 Å². The number of fused-ring (bicyclic) bond motifs is 3. The predicted molar refractivity (Wildman–Crippen MR) is 110 cm³/mol. The van der Waals surface area contributed by atoms with Gasteiger partial charge in [0.1, 0.15) is 0 Å². The van der Waals surface area contributed by atoms with Crippen LogP contribution in [0.15, 0.2) is 51.8 Å². The summed E-state index contributed by atoms with van der Waals surface area (Å²) in [7, 11) is -3.82. The molecule has 1 aromatic heterocycles. The van der Waals surface area contributed by atoms with Crippen molar-refractivity contribution in [3.05, 3.63) is 63.8 Å². The van der Waals surface area contributed by atoms with Crippen molar-refractivity contribution < 1.29 is 18.3 Å². The summed E-state index contributed by atoms with van der Waals surface area (Å²) in [6, 6.07) is 12.3. The van der Waals surface area contributed by atoms with E-state index < -0.39 is 16.1 Å². The number of rotatable bonds is 2. The molecule has 0 fully saturated rings.